The molecule has 5 heteroatoms. The average molecular weight is 652 g/mol. The van der Waals surface area contributed by atoms with Gasteiger partial charge in [0.05, 0.1) is 22.2 Å². The van der Waals surface area contributed by atoms with E-state index in [1.54, 1.807) is 0 Å². The molecule has 0 saturated carbocycles. The summed E-state index contributed by atoms with van der Waals surface area (Å²) in [6, 6.07) is 60.9. The summed E-state index contributed by atoms with van der Waals surface area (Å²) in [5, 5.41) is 5.84. The number of pyridine rings is 1. The van der Waals surface area contributed by atoms with Crippen LogP contribution < -0.4 is 0 Å². The minimum Gasteiger partial charge on any atom is -0.309 e. The maximum absolute atomic E-state index is 5.38. The molecular weight excluding hydrogens is 623 g/mol. The number of para-hydroxylation sites is 3. The second-order valence-electron chi connectivity index (χ2n) is 12.7. The van der Waals surface area contributed by atoms with Crippen molar-refractivity contribution >= 4 is 43.5 Å². The molecule has 0 bridgehead atoms. The Bertz CT molecular complexity index is 2820. The van der Waals surface area contributed by atoms with Gasteiger partial charge in [-0.3, -0.25) is 0 Å². The molecule has 3 aromatic heterocycles. The highest BCUT2D eigenvalue weighted by Gasteiger charge is 2.20. The van der Waals surface area contributed by atoms with Crippen LogP contribution in [0.4, 0.5) is 0 Å². The molecule has 0 N–H and O–H groups in total. The first kappa shape index (κ1) is 29.0. The van der Waals surface area contributed by atoms with Gasteiger partial charge in [0.25, 0.3) is 0 Å². The Morgan fingerprint density at radius 3 is 1.47 bits per heavy atom. The molecule has 238 valence electrons. The van der Waals surface area contributed by atoms with Gasteiger partial charge < -0.3 is 4.57 Å². The van der Waals surface area contributed by atoms with Crippen LogP contribution in [0, 0.1) is 0 Å². The Kier molecular flexibility index (Phi) is 6.74. The van der Waals surface area contributed by atoms with Crippen LogP contribution in [-0.4, -0.2) is 24.5 Å². The quantitative estimate of drug-likeness (QED) is 0.174. The zero-order valence-electron chi connectivity index (χ0n) is 27.5. The average Bonchev–Trinajstić information content (AvgIpc) is 3.56. The molecule has 0 radical (unpaired) electrons. The van der Waals surface area contributed by atoms with Crippen LogP contribution in [0.3, 0.4) is 0 Å². The third kappa shape index (κ3) is 4.86. The number of hydrogen-bond donors (Lipinski definition) is 0. The molecule has 10 aromatic rings. The van der Waals surface area contributed by atoms with Crippen molar-refractivity contribution in [2.75, 3.05) is 0 Å². The summed E-state index contributed by atoms with van der Waals surface area (Å²) in [6.07, 6.45) is 0. The van der Waals surface area contributed by atoms with Gasteiger partial charge in [-0.15, -0.1) is 0 Å². The van der Waals surface area contributed by atoms with Gasteiger partial charge >= 0.3 is 0 Å². The third-order valence-electron chi connectivity index (χ3n) is 9.63. The number of benzene rings is 7. The molecule has 0 fully saturated rings. The molecule has 51 heavy (non-hydrogen) atoms. The van der Waals surface area contributed by atoms with Crippen LogP contribution in [-0.2, 0) is 0 Å². The molecule has 0 amide bonds. The summed E-state index contributed by atoms with van der Waals surface area (Å²) in [4.78, 5) is 20.2. The second kappa shape index (κ2) is 11.9. The van der Waals surface area contributed by atoms with Crippen molar-refractivity contribution in [3.63, 3.8) is 0 Å². The normalized spacial score (nSPS) is 11.5. The second-order valence-corrected chi connectivity index (χ2v) is 12.7. The summed E-state index contributed by atoms with van der Waals surface area (Å²) in [5.41, 5.74) is 9.14. The van der Waals surface area contributed by atoms with Gasteiger partial charge in [0.1, 0.15) is 0 Å². The highest BCUT2D eigenvalue weighted by atomic mass is 15.0. The van der Waals surface area contributed by atoms with E-state index in [4.69, 9.17) is 19.9 Å². The topological polar surface area (TPSA) is 56.5 Å². The first-order valence-electron chi connectivity index (χ1n) is 17.1. The van der Waals surface area contributed by atoms with Crippen LogP contribution in [0.2, 0.25) is 0 Å². The Hall–Kier alpha value is -6.98. The van der Waals surface area contributed by atoms with Gasteiger partial charge in [0.15, 0.2) is 17.5 Å². The summed E-state index contributed by atoms with van der Waals surface area (Å²) >= 11 is 0. The molecule has 10 rings (SSSR count). The Balaban J connectivity index is 1.21. The van der Waals surface area contributed by atoms with Crippen molar-refractivity contribution in [3.05, 3.63) is 176 Å². The fraction of sp³-hybridized carbons (Fsp3) is 0. The monoisotopic (exact) mass is 651 g/mol. The van der Waals surface area contributed by atoms with E-state index in [1.165, 1.54) is 21.7 Å². The molecule has 5 nitrogen and oxygen atoms in total. The standard InChI is InChI=1S/C46H29N5/c1-4-14-31(15-5-1)44-48-45(32-16-6-2-7-17-32)50-46(49-44)33-26-24-30(25-27-33)42-41-37(35-20-10-12-22-39(35)47-42)28-29-38-36-21-11-13-23-40(36)51(43(38)41)34-18-8-3-9-19-34/h1-29H. The number of rotatable bonds is 5. The molecule has 3 heterocycles. The lowest BCUT2D eigenvalue weighted by atomic mass is 9.97. The van der Waals surface area contributed by atoms with Crippen molar-refractivity contribution in [2.24, 2.45) is 0 Å². The number of hydrogen-bond acceptors (Lipinski definition) is 4. The number of fused-ring (bicyclic) bond motifs is 7. The molecule has 0 spiro atoms. The molecule has 0 atom stereocenters. The number of nitrogens with zero attached hydrogens (tertiary/aromatic N) is 5. The van der Waals surface area contributed by atoms with Crippen LogP contribution in [0.15, 0.2) is 176 Å². The highest BCUT2D eigenvalue weighted by Crippen LogP contribution is 2.42. The van der Waals surface area contributed by atoms with E-state index < -0.39 is 0 Å². The van der Waals surface area contributed by atoms with E-state index in [1.807, 2.05) is 60.7 Å². The maximum atomic E-state index is 5.38. The minimum atomic E-state index is 0.622. The van der Waals surface area contributed by atoms with Gasteiger partial charge in [-0.1, -0.05) is 152 Å². The molecule has 0 unspecified atom stereocenters. The van der Waals surface area contributed by atoms with E-state index in [-0.39, 0.29) is 0 Å². The zero-order chi connectivity index (χ0) is 33.7. The van der Waals surface area contributed by atoms with Gasteiger partial charge in [-0.25, -0.2) is 19.9 Å². The predicted octanol–water partition coefficient (Wildman–Crippen LogP) is 11.3. The Labute approximate surface area is 294 Å². The molecule has 0 saturated heterocycles. The van der Waals surface area contributed by atoms with E-state index in [9.17, 15) is 0 Å². The van der Waals surface area contributed by atoms with Crippen molar-refractivity contribution < 1.29 is 0 Å². The largest absolute Gasteiger partial charge is 0.309 e. The smallest absolute Gasteiger partial charge is 0.164 e. The zero-order valence-corrected chi connectivity index (χ0v) is 27.5. The van der Waals surface area contributed by atoms with Crippen LogP contribution >= 0.6 is 0 Å². The fourth-order valence-corrected chi connectivity index (χ4v) is 7.27. The third-order valence-corrected chi connectivity index (χ3v) is 9.63. The highest BCUT2D eigenvalue weighted by molar-refractivity contribution is 6.25. The van der Waals surface area contributed by atoms with Gasteiger partial charge in [-0.05, 0) is 29.7 Å². The van der Waals surface area contributed by atoms with E-state index >= 15 is 0 Å². The van der Waals surface area contributed by atoms with Crippen molar-refractivity contribution in [2.45, 2.75) is 0 Å². The summed E-state index contributed by atoms with van der Waals surface area (Å²) < 4.78 is 2.39. The molecule has 0 aliphatic carbocycles. The lowest BCUT2D eigenvalue weighted by Crippen LogP contribution is -2.00. The first-order chi connectivity index (χ1) is 25.3. The molecular formula is C46H29N5. The summed E-state index contributed by atoms with van der Waals surface area (Å²) in [7, 11) is 0. The van der Waals surface area contributed by atoms with Crippen LogP contribution in [0.1, 0.15) is 0 Å². The van der Waals surface area contributed by atoms with Crippen molar-refractivity contribution in [3.8, 4) is 51.1 Å². The molecule has 7 aromatic carbocycles. The van der Waals surface area contributed by atoms with E-state index in [0.29, 0.717) is 17.5 Å². The van der Waals surface area contributed by atoms with Crippen LogP contribution in [0.5, 0.6) is 0 Å². The Morgan fingerprint density at radius 2 is 0.824 bits per heavy atom. The first-order valence-corrected chi connectivity index (χ1v) is 17.1. The molecule has 0 aliphatic heterocycles. The SMILES string of the molecule is c1ccc(-c2nc(-c3ccccc3)nc(-c3ccc(-c4nc5ccccc5c5ccc6c7ccccc7n(-c7ccccc7)c6c45)cc3)n2)cc1. The maximum Gasteiger partial charge on any atom is 0.164 e. The number of aromatic nitrogens is 5. The van der Waals surface area contributed by atoms with Gasteiger partial charge in [0, 0.05) is 49.5 Å². The Morgan fingerprint density at radius 1 is 0.333 bits per heavy atom. The van der Waals surface area contributed by atoms with Crippen LogP contribution in [0.25, 0.3) is 94.6 Å². The molecule has 0 aliphatic rings. The lowest BCUT2D eigenvalue weighted by molar-refractivity contribution is 1.07. The summed E-state index contributed by atoms with van der Waals surface area (Å²) in [6.45, 7) is 0. The fourth-order valence-electron chi connectivity index (χ4n) is 7.27. The lowest BCUT2D eigenvalue weighted by Gasteiger charge is -2.15. The van der Waals surface area contributed by atoms with E-state index in [0.717, 1.165) is 55.4 Å². The predicted molar refractivity (Wildman–Crippen MR) is 209 cm³/mol. The van der Waals surface area contributed by atoms with Gasteiger partial charge in [0.2, 0.25) is 0 Å². The summed E-state index contributed by atoms with van der Waals surface area (Å²) in [5.74, 6) is 1.90. The van der Waals surface area contributed by atoms with Gasteiger partial charge in [-0.2, -0.15) is 0 Å². The van der Waals surface area contributed by atoms with Crippen molar-refractivity contribution in [1.82, 2.24) is 24.5 Å². The van der Waals surface area contributed by atoms with E-state index in [2.05, 4.69) is 120 Å². The minimum absolute atomic E-state index is 0.622. The van der Waals surface area contributed by atoms with Crippen molar-refractivity contribution in [1.29, 1.82) is 0 Å².